The van der Waals surface area contributed by atoms with Gasteiger partial charge in [-0.2, -0.15) is 5.10 Å². The van der Waals surface area contributed by atoms with Crippen LogP contribution in [0.25, 0.3) is 11.3 Å². The zero-order valence-electron chi connectivity index (χ0n) is 13.1. The number of carbonyl (C=O) groups is 1. The van der Waals surface area contributed by atoms with Crippen molar-refractivity contribution in [2.24, 2.45) is 0 Å². The highest BCUT2D eigenvalue weighted by atomic mass is 16.2. The van der Waals surface area contributed by atoms with Gasteiger partial charge in [0, 0.05) is 17.8 Å². The zero-order valence-corrected chi connectivity index (χ0v) is 13.1. The Morgan fingerprint density at radius 1 is 1.08 bits per heavy atom. The SMILES string of the molecule is Cc1ccc(-c2ccc(=O)n(CC(=O)Nc3ccccn3)n2)cc1. The third kappa shape index (κ3) is 3.73. The van der Waals surface area contributed by atoms with Crippen LogP contribution in [-0.4, -0.2) is 20.7 Å². The summed E-state index contributed by atoms with van der Waals surface area (Å²) in [7, 11) is 0. The van der Waals surface area contributed by atoms with E-state index in [4.69, 9.17) is 0 Å². The highest BCUT2D eigenvalue weighted by Gasteiger charge is 2.08. The summed E-state index contributed by atoms with van der Waals surface area (Å²) >= 11 is 0. The van der Waals surface area contributed by atoms with E-state index in [2.05, 4.69) is 15.4 Å². The Hall–Kier alpha value is -3.28. The van der Waals surface area contributed by atoms with Crippen LogP contribution in [0, 0.1) is 6.92 Å². The summed E-state index contributed by atoms with van der Waals surface area (Å²) in [5.74, 6) is 0.0783. The summed E-state index contributed by atoms with van der Waals surface area (Å²) < 4.78 is 1.15. The maximum atomic E-state index is 12.1. The molecule has 6 heteroatoms. The highest BCUT2D eigenvalue weighted by Crippen LogP contribution is 2.15. The van der Waals surface area contributed by atoms with Gasteiger partial charge in [-0.25, -0.2) is 9.67 Å². The first-order chi connectivity index (χ1) is 11.6. The monoisotopic (exact) mass is 320 g/mol. The molecule has 0 radical (unpaired) electrons. The number of hydrogen-bond acceptors (Lipinski definition) is 4. The quantitative estimate of drug-likeness (QED) is 0.800. The number of carbonyl (C=O) groups excluding carboxylic acids is 1. The van der Waals surface area contributed by atoms with Crippen molar-refractivity contribution in [3.05, 3.63) is 76.7 Å². The van der Waals surface area contributed by atoms with E-state index in [1.54, 1.807) is 30.5 Å². The first-order valence-corrected chi connectivity index (χ1v) is 7.48. The lowest BCUT2D eigenvalue weighted by Crippen LogP contribution is -2.29. The molecule has 0 bridgehead atoms. The molecule has 1 aromatic carbocycles. The van der Waals surface area contributed by atoms with E-state index >= 15 is 0 Å². The minimum absolute atomic E-state index is 0.172. The second-order valence-corrected chi connectivity index (χ2v) is 5.34. The number of aryl methyl sites for hydroxylation is 1. The Morgan fingerprint density at radius 2 is 1.88 bits per heavy atom. The molecular weight excluding hydrogens is 304 g/mol. The van der Waals surface area contributed by atoms with E-state index in [0.717, 1.165) is 15.8 Å². The van der Waals surface area contributed by atoms with Crippen LogP contribution in [0.2, 0.25) is 0 Å². The van der Waals surface area contributed by atoms with E-state index in [-0.39, 0.29) is 18.0 Å². The maximum Gasteiger partial charge on any atom is 0.267 e. The Bertz CT molecular complexity index is 902. The van der Waals surface area contributed by atoms with Crippen LogP contribution in [0.4, 0.5) is 5.82 Å². The topological polar surface area (TPSA) is 76.9 Å². The van der Waals surface area contributed by atoms with Gasteiger partial charge in [0.1, 0.15) is 12.4 Å². The average molecular weight is 320 g/mol. The predicted molar refractivity (Wildman–Crippen MR) is 91.5 cm³/mol. The van der Waals surface area contributed by atoms with Crippen LogP contribution in [0.5, 0.6) is 0 Å². The van der Waals surface area contributed by atoms with Gasteiger partial charge < -0.3 is 5.32 Å². The molecule has 3 rings (SSSR count). The van der Waals surface area contributed by atoms with Crippen LogP contribution < -0.4 is 10.9 Å². The Labute approximate surface area is 138 Å². The fourth-order valence-electron chi connectivity index (χ4n) is 2.20. The number of benzene rings is 1. The molecule has 0 aliphatic carbocycles. The molecule has 0 saturated carbocycles. The van der Waals surface area contributed by atoms with Crippen molar-refractivity contribution < 1.29 is 4.79 Å². The fraction of sp³-hybridized carbons (Fsp3) is 0.111. The zero-order chi connectivity index (χ0) is 16.9. The van der Waals surface area contributed by atoms with Crippen molar-refractivity contribution >= 4 is 11.7 Å². The molecule has 2 aromatic heterocycles. The van der Waals surface area contributed by atoms with Gasteiger partial charge in [0.2, 0.25) is 5.91 Å². The smallest absolute Gasteiger partial charge is 0.267 e. The number of aromatic nitrogens is 3. The van der Waals surface area contributed by atoms with Gasteiger partial charge in [-0.3, -0.25) is 9.59 Å². The summed E-state index contributed by atoms with van der Waals surface area (Å²) in [6.07, 6.45) is 1.58. The van der Waals surface area contributed by atoms with Crippen molar-refractivity contribution in [1.82, 2.24) is 14.8 Å². The number of hydrogen-bond donors (Lipinski definition) is 1. The van der Waals surface area contributed by atoms with Gasteiger partial charge in [-0.15, -0.1) is 0 Å². The van der Waals surface area contributed by atoms with Crippen LogP contribution in [0.15, 0.2) is 65.6 Å². The predicted octanol–water partition coefficient (Wildman–Crippen LogP) is 2.25. The first-order valence-electron chi connectivity index (χ1n) is 7.48. The van der Waals surface area contributed by atoms with Crippen molar-refractivity contribution in [3.63, 3.8) is 0 Å². The lowest BCUT2D eigenvalue weighted by molar-refractivity contribution is -0.117. The standard InChI is InChI=1S/C18H16N4O2/c1-13-5-7-14(8-6-13)15-9-10-18(24)22(21-15)12-17(23)20-16-4-2-3-11-19-16/h2-11H,12H2,1H3,(H,19,20,23). The Balaban J connectivity index is 1.80. The minimum atomic E-state index is -0.357. The Kier molecular flexibility index (Phi) is 4.47. The molecule has 2 heterocycles. The molecule has 120 valence electrons. The lowest BCUT2D eigenvalue weighted by atomic mass is 10.1. The number of nitrogens with one attached hydrogen (secondary N) is 1. The van der Waals surface area contributed by atoms with Gasteiger partial charge >= 0.3 is 0 Å². The van der Waals surface area contributed by atoms with Crippen molar-refractivity contribution in [2.45, 2.75) is 13.5 Å². The van der Waals surface area contributed by atoms with Gasteiger partial charge in [0.15, 0.2) is 0 Å². The van der Waals surface area contributed by atoms with Gasteiger partial charge in [0.25, 0.3) is 5.56 Å². The molecular formula is C18H16N4O2. The number of nitrogens with zero attached hydrogens (tertiary/aromatic N) is 3. The van der Waals surface area contributed by atoms with Gasteiger partial charge in [-0.1, -0.05) is 35.9 Å². The van der Waals surface area contributed by atoms with E-state index in [1.165, 1.54) is 6.07 Å². The third-order valence-corrected chi connectivity index (χ3v) is 3.44. The van der Waals surface area contributed by atoms with Crippen molar-refractivity contribution in [2.75, 3.05) is 5.32 Å². The van der Waals surface area contributed by atoms with Crippen LogP contribution in [0.1, 0.15) is 5.56 Å². The van der Waals surface area contributed by atoms with Gasteiger partial charge in [0.05, 0.1) is 5.69 Å². The molecule has 0 aliphatic rings. The molecule has 0 aliphatic heterocycles. The van der Waals surface area contributed by atoms with Crippen LogP contribution >= 0.6 is 0 Å². The molecule has 0 unspecified atom stereocenters. The van der Waals surface area contributed by atoms with Crippen LogP contribution in [-0.2, 0) is 11.3 Å². The summed E-state index contributed by atoms with van der Waals surface area (Å²) in [6, 6.07) is 16.1. The van der Waals surface area contributed by atoms with E-state index in [0.29, 0.717) is 11.5 Å². The molecule has 0 fully saturated rings. The summed E-state index contributed by atoms with van der Waals surface area (Å²) in [5.41, 5.74) is 2.34. The van der Waals surface area contributed by atoms with Crippen LogP contribution in [0.3, 0.4) is 0 Å². The second-order valence-electron chi connectivity index (χ2n) is 5.34. The van der Waals surface area contributed by atoms with E-state index in [1.807, 2.05) is 31.2 Å². The molecule has 0 atom stereocenters. The number of anilines is 1. The Morgan fingerprint density at radius 3 is 2.58 bits per heavy atom. The molecule has 1 N–H and O–H groups in total. The van der Waals surface area contributed by atoms with Crippen molar-refractivity contribution in [3.8, 4) is 11.3 Å². The molecule has 6 nitrogen and oxygen atoms in total. The minimum Gasteiger partial charge on any atom is -0.309 e. The summed E-state index contributed by atoms with van der Waals surface area (Å²) in [6.45, 7) is 1.83. The molecule has 24 heavy (non-hydrogen) atoms. The first kappa shape index (κ1) is 15.6. The average Bonchev–Trinajstić information content (AvgIpc) is 2.58. The van der Waals surface area contributed by atoms with E-state index < -0.39 is 0 Å². The second kappa shape index (κ2) is 6.87. The van der Waals surface area contributed by atoms with Crippen molar-refractivity contribution in [1.29, 1.82) is 0 Å². The molecule has 3 aromatic rings. The summed E-state index contributed by atoms with van der Waals surface area (Å²) in [5, 5.41) is 6.91. The fourth-order valence-corrected chi connectivity index (χ4v) is 2.20. The third-order valence-electron chi connectivity index (χ3n) is 3.44. The van der Waals surface area contributed by atoms with E-state index in [9.17, 15) is 9.59 Å². The summed E-state index contributed by atoms with van der Waals surface area (Å²) in [4.78, 5) is 28.0. The normalized spacial score (nSPS) is 10.4. The molecule has 0 saturated heterocycles. The number of amides is 1. The maximum absolute atomic E-state index is 12.1. The number of rotatable bonds is 4. The largest absolute Gasteiger partial charge is 0.309 e. The highest BCUT2D eigenvalue weighted by molar-refractivity contribution is 5.89. The lowest BCUT2D eigenvalue weighted by Gasteiger charge is -2.08. The number of pyridine rings is 1. The molecule has 1 amide bonds. The van der Waals surface area contributed by atoms with Gasteiger partial charge in [-0.05, 0) is 25.1 Å². The molecule has 0 spiro atoms.